The van der Waals surface area contributed by atoms with Crippen LogP contribution in [-0.2, 0) is 14.1 Å². The van der Waals surface area contributed by atoms with Crippen molar-refractivity contribution in [1.29, 1.82) is 0 Å². The van der Waals surface area contributed by atoms with Crippen LogP contribution in [0.15, 0.2) is 9.59 Å². The highest BCUT2D eigenvalue weighted by molar-refractivity contribution is 5.33. The van der Waals surface area contributed by atoms with Gasteiger partial charge >= 0.3 is 5.69 Å². The third-order valence-corrected chi connectivity index (χ3v) is 2.17. The van der Waals surface area contributed by atoms with E-state index in [1.165, 1.54) is 14.1 Å². The number of hydrogen-bond acceptors (Lipinski definition) is 5. The van der Waals surface area contributed by atoms with Gasteiger partial charge in [-0.25, -0.2) is 9.48 Å². The summed E-state index contributed by atoms with van der Waals surface area (Å²) in [4.78, 5) is 23.0. The van der Waals surface area contributed by atoms with E-state index < -0.39 is 16.8 Å². The van der Waals surface area contributed by atoms with Crippen LogP contribution in [0, 0.1) is 0 Å². The Morgan fingerprint density at radius 3 is 2.44 bits per heavy atom. The van der Waals surface area contributed by atoms with E-state index in [2.05, 4.69) is 10.4 Å². The maximum absolute atomic E-state index is 11.7. The molecule has 0 atom stereocenters. The summed E-state index contributed by atoms with van der Waals surface area (Å²) >= 11 is 0. The molecule has 7 heteroatoms. The number of nitrogens with zero attached hydrogens (tertiary/aromatic N) is 3. The smallest absolute Gasteiger partial charge is 0.346 e. The van der Waals surface area contributed by atoms with Gasteiger partial charge in [-0.1, -0.05) is 0 Å². The van der Waals surface area contributed by atoms with Crippen LogP contribution in [-0.4, -0.2) is 31.6 Å². The molecular formula is C9H16N4O3. The largest absolute Gasteiger partial charge is 0.394 e. The van der Waals surface area contributed by atoms with E-state index in [-0.39, 0.29) is 12.4 Å². The average Bonchev–Trinajstić information content (AvgIpc) is 2.22. The molecule has 1 aromatic heterocycles. The van der Waals surface area contributed by atoms with Crippen LogP contribution in [0.3, 0.4) is 0 Å². The number of hydrogen-bond donors (Lipinski definition) is 2. The zero-order valence-corrected chi connectivity index (χ0v) is 9.81. The van der Waals surface area contributed by atoms with Crippen LogP contribution < -0.4 is 16.6 Å². The summed E-state index contributed by atoms with van der Waals surface area (Å²) in [7, 11) is 2.84. The minimum Gasteiger partial charge on any atom is -0.394 e. The number of anilines is 1. The summed E-state index contributed by atoms with van der Waals surface area (Å²) in [6, 6.07) is 0. The molecule has 0 aliphatic heterocycles. The molecule has 0 amide bonds. The van der Waals surface area contributed by atoms with Crippen LogP contribution in [0.4, 0.5) is 5.82 Å². The first kappa shape index (κ1) is 12.4. The van der Waals surface area contributed by atoms with Gasteiger partial charge in [0.05, 0.1) is 12.1 Å². The maximum atomic E-state index is 11.7. The molecule has 90 valence electrons. The molecule has 0 bridgehead atoms. The highest BCUT2D eigenvalue weighted by Gasteiger charge is 2.19. The van der Waals surface area contributed by atoms with Crippen molar-refractivity contribution in [3.05, 3.63) is 20.8 Å². The fourth-order valence-electron chi connectivity index (χ4n) is 1.14. The molecule has 1 aromatic rings. The molecule has 0 aliphatic carbocycles. The van der Waals surface area contributed by atoms with Crippen molar-refractivity contribution in [2.45, 2.75) is 19.4 Å². The van der Waals surface area contributed by atoms with E-state index in [9.17, 15) is 9.59 Å². The third-order valence-electron chi connectivity index (χ3n) is 2.17. The Morgan fingerprint density at radius 1 is 1.38 bits per heavy atom. The molecule has 0 saturated carbocycles. The molecule has 0 fully saturated rings. The molecule has 1 heterocycles. The van der Waals surface area contributed by atoms with Crippen molar-refractivity contribution in [1.82, 2.24) is 14.3 Å². The lowest BCUT2D eigenvalue weighted by Crippen LogP contribution is -2.44. The van der Waals surface area contributed by atoms with E-state index in [0.29, 0.717) is 0 Å². The van der Waals surface area contributed by atoms with Gasteiger partial charge in [-0.3, -0.25) is 9.36 Å². The fraction of sp³-hybridized carbons (Fsp3) is 0.667. The molecule has 0 aliphatic rings. The molecule has 0 saturated heterocycles. The zero-order valence-electron chi connectivity index (χ0n) is 9.81. The quantitative estimate of drug-likeness (QED) is 0.668. The van der Waals surface area contributed by atoms with Crippen molar-refractivity contribution in [2.24, 2.45) is 14.1 Å². The second-order valence-electron chi connectivity index (χ2n) is 4.29. The number of rotatable bonds is 3. The standard InChI is InChI=1S/C9H16N4O3/c1-9(2,5-14)10-6-7(15)12(3)8(16)13(4)11-6/h14H,5H2,1-4H3,(H,10,11). The Balaban J connectivity index is 3.27. The SMILES string of the molecule is Cn1nc(NC(C)(C)CO)c(=O)n(C)c1=O. The molecular weight excluding hydrogens is 212 g/mol. The van der Waals surface area contributed by atoms with E-state index in [1.54, 1.807) is 13.8 Å². The Bertz CT molecular complexity index is 500. The average molecular weight is 228 g/mol. The summed E-state index contributed by atoms with van der Waals surface area (Å²) in [5, 5.41) is 15.7. The van der Waals surface area contributed by atoms with Crippen molar-refractivity contribution in [2.75, 3.05) is 11.9 Å². The van der Waals surface area contributed by atoms with E-state index >= 15 is 0 Å². The van der Waals surface area contributed by atoms with Gasteiger partial charge in [-0.05, 0) is 13.8 Å². The Hall–Kier alpha value is -1.63. The van der Waals surface area contributed by atoms with Crippen LogP contribution >= 0.6 is 0 Å². The third kappa shape index (κ3) is 2.30. The number of aryl methyl sites for hydroxylation is 1. The molecule has 2 N–H and O–H groups in total. The monoisotopic (exact) mass is 228 g/mol. The normalized spacial score (nSPS) is 11.6. The van der Waals surface area contributed by atoms with Crippen LogP contribution in [0.2, 0.25) is 0 Å². The molecule has 0 aromatic carbocycles. The first-order chi connectivity index (χ1) is 7.28. The second kappa shape index (κ2) is 4.09. The van der Waals surface area contributed by atoms with Gasteiger partial charge in [0.25, 0.3) is 5.56 Å². The minimum atomic E-state index is -0.670. The zero-order chi connectivity index (χ0) is 12.5. The molecule has 0 unspecified atom stereocenters. The minimum absolute atomic E-state index is 0.0450. The lowest BCUT2D eigenvalue weighted by Gasteiger charge is -2.23. The van der Waals surface area contributed by atoms with E-state index in [1.807, 2.05) is 0 Å². The van der Waals surface area contributed by atoms with Crippen molar-refractivity contribution < 1.29 is 5.11 Å². The van der Waals surface area contributed by atoms with Crippen molar-refractivity contribution in [3.63, 3.8) is 0 Å². The lowest BCUT2D eigenvalue weighted by atomic mass is 10.1. The lowest BCUT2D eigenvalue weighted by molar-refractivity contribution is 0.233. The molecule has 0 spiro atoms. The Kier molecular flexibility index (Phi) is 3.18. The topological polar surface area (TPSA) is 89.2 Å². The fourth-order valence-corrected chi connectivity index (χ4v) is 1.14. The number of aliphatic hydroxyl groups excluding tert-OH is 1. The summed E-state index contributed by atoms with van der Waals surface area (Å²) in [5.41, 5.74) is -1.67. The number of aromatic nitrogens is 3. The first-order valence-corrected chi connectivity index (χ1v) is 4.82. The van der Waals surface area contributed by atoms with Crippen LogP contribution in [0.1, 0.15) is 13.8 Å². The van der Waals surface area contributed by atoms with Gasteiger partial charge in [0, 0.05) is 14.1 Å². The second-order valence-corrected chi connectivity index (χ2v) is 4.29. The molecule has 1 rings (SSSR count). The first-order valence-electron chi connectivity index (χ1n) is 4.82. The van der Waals surface area contributed by atoms with Gasteiger partial charge in [0.1, 0.15) is 0 Å². The highest BCUT2D eigenvalue weighted by atomic mass is 16.3. The summed E-state index contributed by atoms with van der Waals surface area (Å²) in [6.07, 6.45) is 0. The van der Waals surface area contributed by atoms with Gasteiger partial charge in [-0.15, -0.1) is 5.10 Å². The maximum Gasteiger partial charge on any atom is 0.346 e. The van der Waals surface area contributed by atoms with Gasteiger partial charge in [-0.2, -0.15) is 0 Å². The number of nitrogens with one attached hydrogen (secondary N) is 1. The highest BCUT2D eigenvalue weighted by Crippen LogP contribution is 2.06. The molecule has 16 heavy (non-hydrogen) atoms. The number of aliphatic hydroxyl groups is 1. The van der Waals surface area contributed by atoms with E-state index in [4.69, 9.17) is 5.11 Å². The summed E-state index contributed by atoms with van der Waals surface area (Å²) < 4.78 is 2.03. The van der Waals surface area contributed by atoms with Gasteiger partial charge in [0.2, 0.25) is 5.82 Å². The predicted octanol–water partition coefficient (Wildman–Crippen LogP) is -1.34. The summed E-state index contributed by atoms with van der Waals surface area (Å²) in [6.45, 7) is 3.29. The van der Waals surface area contributed by atoms with Crippen molar-refractivity contribution >= 4 is 5.82 Å². The van der Waals surface area contributed by atoms with Crippen LogP contribution in [0.5, 0.6) is 0 Å². The van der Waals surface area contributed by atoms with Crippen LogP contribution in [0.25, 0.3) is 0 Å². The van der Waals surface area contributed by atoms with Gasteiger partial charge in [0.15, 0.2) is 0 Å². The van der Waals surface area contributed by atoms with Crippen molar-refractivity contribution in [3.8, 4) is 0 Å². The summed E-state index contributed by atoms with van der Waals surface area (Å²) in [5.74, 6) is 0.0450. The Labute approximate surface area is 92.3 Å². The molecule has 0 radical (unpaired) electrons. The molecule has 7 nitrogen and oxygen atoms in total. The Morgan fingerprint density at radius 2 is 1.94 bits per heavy atom. The van der Waals surface area contributed by atoms with E-state index in [0.717, 1.165) is 9.25 Å². The van der Waals surface area contributed by atoms with Gasteiger partial charge < -0.3 is 10.4 Å². The predicted molar refractivity (Wildman–Crippen MR) is 59.5 cm³/mol.